The van der Waals surface area contributed by atoms with Gasteiger partial charge in [-0.3, -0.25) is 9.48 Å². The Bertz CT molecular complexity index is 1180. The molecule has 1 amide bonds. The summed E-state index contributed by atoms with van der Waals surface area (Å²) in [6.07, 6.45) is 14.4. The van der Waals surface area contributed by atoms with E-state index in [1.807, 2.05) is 41.4 Å². The van der Waals surface area contributed by atoms with Gasteiger partial charge in [-0.15, -0.1) is 17.1 Å². The third-order valence-electron chi connectivity index (χ3n) is 5.97. The Labute approximate surface area is 179 Å². The Morgan fingerprint density at radius 1 is 1.33 bits per heavy atom. The van der Waals surface area contributed by atoms with Crippen LogP contribution in [0.15, 0.2) is 53.3 Å². The third kappa shape index (κ3) is 3.47. The van der Waals surface area contributed by atoms with E-state index >= 15 is 0 Å². The van der Waals surface area contributed by atoms with Crippen LogP contribution in [-0.4, -0.2) is 32.7 Å². The third-order valence-corrected chi connectivity index (χ3v) is 6.78. The number of carbonyl (C=O) groups is 1. The summed E-state index contributed by atoms with van der Waals surface area (Å²) < 4.78 is 1.88. The Morgan fingerprint density at radius 3 is 3.00 bits per heavy atom. The number of thiophene rings is 1. The molecule has 0 radical (unpaired) electrons. The molecule has 0 spiro atoms. The average molecular weight is 415 g/mol. The van der Waals surface area contributed by atoms with Crippen molar-refractivity contribution in [2.24, 2.45) is 7.05 Å². The Morgan fingerprint density at radius 2 is 2.20 bits per heavy atom. The number of nitriles is 1. The molecule has 0 N–H and O–H groups in total. The Hall–Kier alpha value is -3.13. The van der Waals surface area contributed by atoms with Crippen molar-refractivity contribution in [2.75, 3.05) is 0 Å². The highest BCUT2D eigenvalue weighted by atomic mass is 32.1. The zero-order chi connectivity index (χ0) is 20.7. The number of hydrogen-bond acceptors (Lipinski definition) is 4. The summed E-state index contributed by atoms with van der Waals surface area (Å²) in [5.74, 6) is 0.0937. The standard InChI is InChI=1S/C24H22N4OS/c1-27-15-18-13-20(9-10-22(18)26-27)28(19-7-8-19)24(29)17-4-2-3-16(5-6-17)21-11-12-30-23(21)14-25/h2,4-6,11-12,15,19-20H,7-10,13H2,1H3. The second kappa shape index (κ2) is 7.60. The summed E-state index contributed by atoms with van der Waals surface area (Å²) in [5.41, 5.74) is 8.04. The first-order valence-corrected chi connectivity index (χ1v) is 11.2. The molecule has 2 aromatic heterocycles. The number of nitrogens with zero attached hydrogens (tertiary/aromatic N) is 4. The van der Waals surface area contributed by atoms with Gasteiger partial charge in [-0.25, -0.2) is 0 Å². The molecule has 150 valence electrons. The van der Waals surface area contributed by atoms with Crippen LogP contribution in [0.1, 0.15) is 41.0 Å². The summed E-state index contributed by atoms with van der Waals surface area (Å²) in [4.78, 5) is 16.3. The lowest BCUT2D eigenvalue weighted by atomic mass is 9.91. The van der Waals surface area contributed by atoms with Crippen LogP contribution >= 0.6 is 11.3 Å². The average Bonchev–Trinajstić information content (AvgIpc) is 3.40. The normalized spacial score (nSPS) is 20.1. The Kier molecular flexibility index (Phi) is 4.78. The first kappa shape index (κ1) is 18.9. The number of aromatic nitrogens is 2. The van der Waals surface area contributed by atoms with Crippen LogP contribution in [0.3, 0.4) is 0 Å². The highest BCUT2D eigenvalue weighted by Gasteiger charge is 2.39. The summed E-state index contributed by atoms with van der Waals surface area (Å²) in [6, 6.07) is 4.73. The van der Waals surface area contributed by atoms with E-state index < -0.39 is 0 Å². The molecule has 0 bridgehead atoms. The number of hydrogen-bond donors (Lipinski definition) is 0. The number of aryl methyl sites for hydroxylation is 2. The van der Waals surface area contributed by atoms with Gasteiger partial charge in [-0.1, -0.05) is 0 Å². The molecular formula is C24H22N4OS. The van der Waals surface area contributed by atoms with Crippen molar-refractivity contribution in [1.82, 2.24) is 14.7 Å². The number of carbonyl (C=O) groups excluding carboxylic acids is 1. The van der Waals surface area contributed by atoms with Gasteiger partial charge in [0.05, 0.1) is 5.69 Å². The fraction of sp³-hybridized carbons (Fsp3) is 0.333. The van der Waals surface area contributed by atoms with E-state index in [0.717, 1.165) is 43.2 Å². The van der Waals surface area contributed by atoms with Gasteiger partial charge in [-0.2, -0.15) is 10.4 Å². The van der Waals surface area contributed by atoms with Gasteiger partial charge in [0.2, 0.25) is 0 Å². The van der Waals surface area contributed by atoms with Crippen molar-refractivity contribution < 1.29 is 4.79 Å². The molecule has 5 nitrogen and oxygen atoms in total. The lowest BCUT2D eigenvalue weighted by Gasteiger charge is -2.34. The minimum Gasteiger partial charge on any atom is -0.332 e. The molecule has 2 heterocycles. The molecule has 2 aromatic rings. The monoisotopic (exact) mass is 414 g/mol. The molecule has 1 unspecified atom stereocenters. The molecule has 1 saturated carbocycles. The summed E-state index contributed by atoms with van der Waals surface area (Å²) in [7, 11) is 1.96. The van der Waals surface area contributed by atoms with Gasteiger partial charge in [-0.05, 0) is 73.4 Å². The highest BCUT2D eigenvalue weighted by molar-refractivity contribution is 7.10. The largest absolute Gasteiger partial charge is 0.332 e. The molecule has 6 heteroatoms. The van der Waals surface area contributed by atoms with Crippen molar-refractivity contribution >= 4 is 22.8 Å². The van der Waals surface area contributed by atoms with E-state index in [0.29, 0.717) is 16.5 Å². The minimum absolute atomic E-state index is 0.0937. The van der Waals surface area contributed by atoms with E-state index in [1.165, 1.54) is 22.6 Å². The van der Waals surface area contributed by atoms with Gasteiger partial charge in [0.15, 0.2) is 0 Å². The number of fused-ring (bicyclic) bond motifs is 1. The van der Waals surface area contributed by atoms with Crippen molar-refractivity contribution in [3.63, 3.8) is 0 Å². The zero-order valence-electron chi connectivity index (χ0n) is 16.8. The molecule has 0 saturated heterocycles. The van der Waals surface area contributed by atoms with E-state index in [-0.39, 0.29) is 11.9 Å². The molecule has 1 fully saturated rings. The predicted molar refractivity (Wildman–Crippen MR) is 117 cm³/mol. The van der Waals surface area contributed by atoms with Gasteiger partial charge >= 0.3 is 0 Å². The maximum absolute atomic E-state index is 13.5. The van der Waals surface area contributed by atoms with Crippen molar-refractivity contribution in [3.05, 3.63) is 74.9 Å². The van der Waals surface area contributed by atoms with Crippen LogP contribution in [0.25, 0.3) is 5.57 Å². The molecule has 3 aliphatic carbocycles. The summed E-state index contributed by atoms with van der Waals surface area (Å²) >= 11 is 1.42. The van der Waals surface area contributed by atoms with Crippen LogP contribution in [-0.2, 0) is 24.7 Å². The molecule has 5 rings (SSSR count). The smallest absolute Gasteiger partial charge is 0.254 e. The fourth-order valence-electron chi connectivity index (χ4n) is 4.41. The van der Waals surface area contributed by atoms with Crippen molar-refractivity contribution in [2.45, 2.75) is 44.2 Å². The van der Waals surface area contributed by atoms with Crippen LogP contribution in [0.4, 0.5) is 0 Å². The maximum Gasteiger partial charge on any atom is 0.254 e. The van der Waals surface area contributed by atoms with Gasteiger partial charge in [0.25, 0.3) is 5.91 Å². The zero-order valence-corrected chi connectivity index (χ0v) is 17.7. The number of allylic oxidation sites excluding steroid dienone is 3. The topological polar surface area (TPSA) is 61.9 Å². The molecule has 0 aromatic carbocycles. The van der Waals surface area contributed by atoms with Crippen LogP contribution in [0.2, 0.25) is 0 Å². The van der Waals surface area contributed by atoms with E-state index in [4.69, 9.17) is 0 Å². The van der Waals surface area contributed by atoms with Gasteiger partial charge in [0.1, 0.15) is 10.9 Å². The second-order valence-corrected chi connectivity index (χ2v) is 8.99. The van der Waals surface area contributed by atoms with Crippen LogP contribution in [0.5, 0.6) is 0 Å². The van der Waals surface area contributed by atoms with E-state index in [1.54, 1.807) is 6.08 Å². The molecule has 30 heavy (non-hydrogen) atoms. The molecule has 0 aliphatic heterocycles. The molecule has 3 aliphatic rings. The van der Waals surface area contributed by atoms with Crippen LogP contribution in [0, 0.1) is 11.3 Å². The lowest BCUT2D eigenvalue weighted by Crippen LogP contribution is -2.45. The minimum atomic E-state index is 0.0937. The predicted octanol–water partition coefficient (Wildman–Crippen LogP) is 3.94. The summed E-state index contributed by atoms with van der Waals surface area (Å²) in [6.45, 7) is 0. The fourth-order valence-corrected chi connectivity index (χ4v) is 5.11. The first-order chi connectivity index (χ1) is 14.6. The van der Waals surface area contributed by atoms with E-state index in [9.17, 15) is 10.1 Å². The van der Waals surface area contributed by atoms with E-state index in [2.05, 4.69) is 28.0 Å². The SMILES string of the molecule is Cn1cc2c(n1)CCC(N(C(=O)C1=CC=C=C(c3ccsc3C#N)C=C1)C1CC1)C2. The number of rotatable bonds is 4. The lowest BCUT2D eigenvalue weighted by molar-refractivity contribution is -0.130. The Balaban J connectivity index is 1.37. The first-order valence-electron chi connectivity index (χ1n) is 10.3. The van der Waals surface area contributed by atoms with Gasteiger partial charge in [0, 0.05) is 42.0 Å². The molecule has 1 atom stereocenters. The molecular weight excluding hydrogens is 392 g/mol. The second-order valence-electron chi connectivity index (χ2n) is 8.07. The summed E-state index contributed by atoms with van der Waals surface area (Å²) in [5, 5.41) is 15.8. The van der Waals surface area contributed by atoms with Crippen LogP contribution < -0.4 is 0 Å². The quantitative estimate of drug-likeness (QED) is 0.712. The highest BCUT2D eigenvalue weighted by Crippen LogP contribution is 2.35. The van der Waals surface area contributed by atoms with Crippen molar-refractivity contribution in [3.8, 4) is 6.07 Å². The maximum atomic E-state index is 13.5. The van der Waals surface area contributed by atoms with Gasteiger partial charge < -0.3 is 4.90 Å². The number of amides is 1. The van der Waals surface area contributed by atoms with Crippen molar-refractivity contribution in [1.29, 1.82) is 5.26 Å².